The van der Waals surface area contributed by atoms with E-state index in [0.717, 1.165) is 31.5 Å². The Morgan fingerprint density at radius 2 is 2.08 bits per heavy atom. The van der Waals surface area contributed by atoms with Crippen LogP contribution in [-0.4, -0.2) is 43.0 Å². The number of halogens is 1. The summed E-state index contributed by atoms with van der Waals surface area (Å²) in [6.45, 7) is 4.02. The van der Waals surface area contributed by atoms with Crippen LogP contribution in [0, 0.1) is 0 Å². The minimum atomic E-state index is 0.0807. The summed E-state index contributed by atoms with van der Waals surface area (Å²) in [6.07, 6.45) is 5.44. The average molecular weight is 359 g/mol. The number of piperidine rings is 1. The van der Waals surface area contributed by atoms with E-state index in [-0.39, 0.29) is 6.04 Å². The van der Waals surface area contributed by atoms with Gasteiger partial charge < -0.3 is 4.42 Å². The molecule has 3 aromatic rings. The average Bonchev–Trinajstić information content (AvgIpc) is 3.33. The number of aromatic nitrogens is 5. The largest absolute Gasteiger partial charge is 0.419 e. The third-order valence-corrected chi connectivity index (χ3v) is 4.96. The normalized spacial score (nSPS) is 17.7. The molecule has 0 amide bonds. The van der Waals surface area contributed by atoms with Crippen LogP contribution in [0.5, 0.6) is 0 Å². The quantitative estimate of drug-likeness (QED) is 0.711. The van der Waals surface area contributed by atoms with Gasteiger partial charge in [-0.25, -0.2) is 9.67 Å². The number of likely N-dealkylation sites (tertiary alicyclic amines) is 1. The highest BCUT2D eigenvalue weighted by Gasteiger charge is 2.27. The summed E-state index contributed by atoms with van der Waals surface area (Å²) in [4.78, 5) is 6.40. The predicted molar refractivity (Wildman–Crippen MR) is 93.0 cm³/mol. The molecule has 0 radical (unpaired) electrons. The molecule has 1 aliphatic heterocycles. The molecule has 1 atom stereocenters. The fraction of sp³-hybridized carbons (Fsp3) is 0.412. The number of hydrogen-bond donors (Lipinski definition) is 0. The monoisotopic (exact) mass is 358 g/mol. The lowest BCUT2D eigenvalue weighted by Gasteiger charge is -2.34. The Morgan fingerprint density at radius 1 is 1.24 bits per heavy atom. The molecule has 0 saturated carbocycles. The van der Waals surface area contributed by atoms with E-state index in [9.17, 15) is 0 Å². The minimum Gasteiger partial charge on any atom is -0.419 e. The third-order valence-electron chi connectivity index (χ3n) is 4.73. The molecule has 1 unspecified atom stereocenters. The first-order valence-electron chi connectivity index (χ1n) is 8.38. The van der Waals surface area contributed by atoms with E-state index in [0.29, 0.717) is 22.8 Å². The van der Waals surface area contributed by atoms with Gasteiger partial charge in [0.15, 0.2) is 0 Å². The Balaban J connectivity index is 1.43. The van der Waals surface area contributed by atoms with Crippen molar-refractivity contribution >= 4 is 11.6 Å². The molecule has 2 aromatic heterocycles. The number of rotatable bonds is 4. The maximum absolute atomic E-state index is 6.03. The van der Waals surface area contributed by atoms with Crippen LogP contribution < -0.4 is 0 Å². The van der Waals surface area contributed by atoms with Gasteiger partial charge in [-0.05, 0) is 38.0 Å². The highest BCUT2D eigenvalue weighted by atomic mass is 35.5. The summed E-state index contributed by atoms with van der Waals surface area (Å²) in [5, 5.41) is 13.3. The van der Waals surface area contributed by atoms with E-state index in [1.54, 1.807) is 12.7 Å². The summed E-state index contributed by atoms with van der Waals surface area (Å²) in [5.74, 6) is 1.14. The first-order valence-corrected chi connectivity index (χ1v) is 8.76. The van der Waals surface area contributed by atoms with Gasteiger partial charge in [0.25, 0.3) is 0 Å². The minimum absolute atomic E-state index is 0.0807. The number of benzene rings is 1. The van der Waals surface area contributed by atoms with Gasteiger partial charge in [-0.3, -0.25) is 4.90 Å². The lowest BCUT2D eigenvalue weighted by Crippen LogP contribution is -2.36. The van der Waals surface area contributed by atoms with Gasteiger partial charge in [0.2, 0.25) is 11.8 Å². The van der Waals surface area contributed by atoms with Gasteiger partial charge in [0.1, 0.15) is 12.7 Å². The summed E-state index contributed by atoms with van der Waals surface area (Å²) in [5.41, 5.74) is 0.836. The van der Waals surface area contributed by atoms with Crippen LogP contribution in [0.1, 0.15) is 37.7 Å². The highest BCUT2D eigenvalue weighted by Crippen LogP contribution is 2.29. The van der Waals surface area contributed by atoms with Crippen molar-refractivity contribution < 1.29 is 4.42 Å². The molecule has 3 heterocycles. The van der Waals surface area contributed by atoms with Crippen LogP contribution >= 0.6 is 11.6 Å². The second kappa shape index (κ2) is 6.93. The van der Waals surface area contributed by atoms with Crippen LogP contribution in [0.25, 0.3) is 11.5 Å². The second-order valence-electron chi connectivity index (χ2n) is 6.27. The summed E-state index contributed by atoms with van der Waals surface area (Å²) >= 11 is 6.03. The Hall–Kier alpha value is -2.25. The third kappa shape index (κ3) is 3.43. The van der Waals surface area contributed by atoms with E-state index < -0.39 is 0 Å². The maximum atomic E-state index is 6.03. The second-order valence-corrected chi connectivity index (χ2v) is 6.71. The molecular formula is C17H19ClN6O. The van der Waals surface area contributed by atoms with Crippen molar-refractivity contribution in [2.24, 2.45) is 0 Å². The van der Waals surface area contributed by atoms with Crippen molar-refractivity contribution in [1.82, 2.24) is 29.9 Å². The molecule has 8 heteroatoms. The molecule has 130 valence electrons. The molecule has 7 nitrogen and oxygen atoms in total. The topological polar surface area (TPSA) is 72.9 Å². The zero-order chi connectivity index (χ0) is 17.2. The van der Waals surface area contributed by atoms with Crippen molar-refractivity contribution in [2.45, 2.75) is 31.8 Å². The zero-order valence-corrected chi connectivity index (χ0v) is 14.7. The number of nitrogens with zero attached hydrogens (tertiary/aromatic N) is 6. The Kier molecular flexibility index (Phi) is 4.50. The smallest absolute Gasteiger partial charge is 0.247 e. The summed E-state index contributed by atoms with van der Waals surface area (Å²) in [6, 6.07) is 7.93. The zero-order valence-electron chi connectivity index (χ0n) is 13.9. The Bertz CT molecular complexity index is 825. The first kappa shape index (κ1) is 16.2. The van der Waals surface area contributed by atoms with E-state index in [1.807, 2.05) is 28.9 Å². The van der Waals surface area contributed by atoms with Crippen LogP contribution in [0.15, 0.2) is 41.3 Å². The molecule has 1 saturated heterocycles. The molecule has 0 spiro atoms. The van der Waals surface area contributed by atoms with Crippen molar-refractivity contribution in [2.75, 3.05) is 13.1 Å². The van der Waals surface area contributed by atoms with Crippen molar-refractivity contribution in [1.29, 1.82) is 0 Å². The lowest BCUT2D eigenvalue weighted by molar-refractivity contribution is 0.123. The molecule has 0 N–H and O–H groups in total. The number of hydrogen-bond acceptors (Lipinski definition) is 6. The molecule has 1 fully saturated rings. The van der Waals surface area contributed by atoms with Gasteiger partial charge in [-0.2, -0.15) is 5.10 Å². The van der Waals surface area contributed by atoms with Gasteiger partial charge in [0.05, 0.1) is 12.1 Å². The van der Waals surface area contributed by atoms with Crippen LogP contribution in [0.4, 0.5) is 0 Å². The predicted octanol–water partition coefficient (Wildman–Crippen LogP) is 3.38. The van der Waals surface area contributed by atoms with Crippen molar-refractivity contribution in [3.8, 4) is 11.5 Å². The molecule has 1 aliphatic rings. The summed E-state index contributed by atoms with van der Waals surface area (Å²) < 4.78 is 7.84. The van der Waals surface area contributed by atoms with E-state index in [4.69, 9.17) is 16.0 Å². The molecule has 25 heavy (non-hydrogen) atoms. The SMILES string of the molecule is CC(c1nnc(-c2cccc(Cl)c2)o1)N1CCC(n2cncn2)CC1. The lowest BCUT2D eigenvalue weighted by atomic mass is 10.0. The van der Waals surface area contributed by atoms with Crippen LogP contribution in [-0.2, 0) is 0 Å². The summed E-state index contributed by atoms with van der Waals surface area (Å²) in [7, 11) is 0. The molecule has 0 aliphatic carbocycles. The van der Waals surface area contributed by atoms with Crippen molar-refractivity contribution in [3.05, 3.63) is 47.8 Å². The first-order chi connectivity index (χ1) is 12.2. The van der Waals surface area contributed by atoms with Gasteiger partial charge in [-0.15, -0.1) is 10.2 Å². The van der Waals surface area contributed by atoms with E-state index in [1.165, 1.54) is 0 Å². The van der Waals surface area contributed by atoms with Crippen LogP contribution in [0.2, 0.25) is 5.02 Å². The van der Waals surface area contributed by atoms with Gasteiger partial charge in [0, 0.05) is 23.7 Å². The van der Waals surface area contributed by atoms with E-state index >= 15 is 0 Å². The standard InChI is InChI=1S/C17H19ClN6O/c1-12(23-7-5-15(6-8-23)24-11-19-10-20-24)16-21-22-17(25-16)13-3-2-4-14(18)9-13/h2-4,9-12,15H,5-8H2,1H3. The molecule has 4 rings (SSSR count). The fourth-order valence-corrected chi connectivity index (χ4v) is 3.43. The van der Waals surface area contributed by atoms with Crippen LogP contribution in [0.3, 0.4) is 0 Å². The molecule has 0 bridgehead atoms. The Morgan fingerprint density at radius 3 is 2.80 bits per heavy atom. The fourth-order valence-electron chi connectivity index (χ4n) is 3.24. The maximum Gasteiger partial charge on any atom is 0.247 e. The highest BCUT2D eigenvalue weighted by molar-refractivity contribution is 6.30. The Labute approximate surface area is 150 Å². The molecular weight excluding hydrogens is 340 g/mol. The van der Waals surface area contributed by atoms with Crippen molar-refractivity contribution in [3.63, 3.8) is 0 Å². The molecule has 1 aromatic carbocycles. The van der Waals surface area contributed by atoms with E-state index in [2.05, 4.69) is 32.1 Å². The van der Waals surface area contributed by atoms with Gasteiger partial charge >= 0.3 is 0 Å². The van der Waals surface area contributed by atoms with Gasteiger partial charge in [-0.1, -0.05) is 17.7 Å².